The van der Waals surface area contributed by atoms with Crippen LogP contribution in [-0.2, 0) is 9.53 Å². The molecule has 0 spiro atoms. The van der Waals surface area contributed by atoms with E-state index in [2.05, 4.69) is 0 Å². The molecule has 1 N–H and O–H groups in total. The molecule has 20 heavy (non-hydrogen) atoms. The highest BCUT2D eigenvalue weighted by Gasteiger charge is 2.18. The first-order chi connectivity index (χ1) is 9.58. The summed E-state index contributed by atoms with van der Waals surface area (Å²) in [5, 5.41) is 8.67. The summed E-state index contributed by atoms with van der Waals surface area (Å²) in [7, 11) is 0. The Hall–Kier alpha value is -2.14. The van der Waals surface area contributed by atoms with Crippen LogP contribution in [0.5, 0.6) is 0 Å². The third kappa shape index (κ3) is 3.45. The molecule has 0 unspecified atom stereocenters. The van der Waals surface area contributed by atoms with E-state index in [-0.39, 0.29) is 5.91 Å². The Bertz CT molecular complexity index is 545. The van der Waals surface area contributed by atoms with E-state index >= 15 is 0 Å². The van der Waals surface area contributed by atoms with Crippen LogP contribution in [0.4, 0.5) is 0 Å². The lowest BCUT2D eigenvalue weighted by Crippen LogP contribution is -2.40. The Balaban J connectivity index is 2.21. The number of amides is 1. The zero-order chi connectivity index (χ0) is 14.5. The molecule has 1 aromatic carbocycles. The van der Waals surface area contributed by atoms with Gasteiger partial charge in [0.1, 0.15) is 0 Å². The number of carboxylic acid groups (broad SMARTS) is 1. The van der Waals surface area contributed by atoms with Gasteiger partial charge in [0.25, 0.3) is 5.91 Å². The highest BCUT2D eigenvalue weighted by Crippen LogP contribution is 2.15. The number of aliphatic carboxylic acids is 1. The van der Waals surface area contributed by atoms with E-state index in [0.717, 1.165) is 17.2 Å². The molecule has 1 saturated heterocycles. The molecule has 5 heteroatoms. The van der Waals surface area contributed by atoms with Crippen molar-refractivity contribution in [1.82, 2.24) is 4.90 Å². The van der Waals surface area contributed by atoms with Gasteiger partial charge in [0.05, 0.1) is 13.2 Å². The summed E-state index contributed by atoms with van der Waals surface area (Å²) in [5.41, 5.74) is 2.25. The molecule has 106 valence electrons. The van der Waals surface area contributed by atoms with E-state index in [1.54, 1.807) is 17.0 Å². The summed E-state index contributed by atoms with van der Waals surface area (Å²) < 4.78 is 5.22. The van der Waals surface area contributed by atoms with Gasteiger partial charge in [0.2, 0.25) is 0 Å². The first kappa shape index (κ1) is 14.3. The summed E-state index contributed by atoms with van der Waals surface area (Å²) in [5.74, 6) is -1.05. The maximum absolute atomic E-state index is 12.3. The maximum atomic E-state index is 12.3. The standard InChI is InChI=1S/C15H17NO4/c1-11-2-3-13(10-12(11)4-5-14(17)18)15(19)16-6-8-20-9-7-16/h2-5,10H,6-9H2,1H3,(H,17,18)/b5-4+. The van der Waals surface area contributed by atoms with Crippen molar-refractivity contribution in [3.05, 3.63) is 41.0 Å². The zero-order valence-electron chi connectivity index (χ0n) is 11.3. The first-order valence-corrected chi connectivity index (χ1v) is 6.46. The number of carboxylic acids is 1. The summed E-state index contributed by atoms with van der Waals surface area (Å²) >= 11 is 0. The Morgan fingerprint density at radius 2 is 2.00 bits per heavy atom. The number of carbonyl (C=O) groups excluding carboxylic acids is 1. The monoisotopic (exact) mass is 275 g/mol. The van der Waals surface area contributed by atoms with Crippen molar-refractivity contribution in [2.24, 2.45) is 0 Å². The van der Waals surface area contributed by atoms with Gasteiger partial charge in [-0.15, -0.1) is 0 Å². The van der Waals surface area contributed by atoms with Gasteiger partial charge >= 0.3 is 5.97 Å². The van der Waals surface area contributed by atoms with Crippen LogP contribution in [0, 0.1) is 6.92 Å². The molecule has 0 atom stereocenters. The fourth-order valence-electron chi connectivity index (χ4n) is 2.06. The lowest BCUT2D eigenvalue weighted by atomic mass is 10.0. The average Bonchev–Trinajstić information content (AvgIpc) is 2.46. The number of ether oxygens (including phenoxy) is 1. The lowest BCUT2D eigenvalue weighted by molar-refractivity contribution is -0.131. The number of hydrogen-bond donors (Lipinski definition) is 1. The number of nitrogens with zero attached hydrogens (tertiary/aromatic N) is 1. The number of benzene rings is 1. The summed E-state index contributed by atoms with van der Waals surface area (Å²) in [6.07, 6.45) is 2.58. The molecule has 1 fully saturated rings. The van der Waals surface area contributed by atoms with Gasteiger partial charge in [0.15, 0.2) is 0 Å². The van der Waals surface area contributed by atoms with Crippen LogP contribution >= 0.6 is 0 Å². The van der Waals surface area contributed by atoms with Crippen LogP contribution in [0.15, 0.2) is 24.3 Å². The van der Waals surface area contributed by atoms with Crippen LogP contribution in [0.1, 0.15) is 21.5 Å². The van der Waals surface area contributed by atoms with E-state index in [4.69, 9.17) is 9.84 Å². The number of carbonyl (C=O) groups is 2. The number of morpholine rings is 1. The third-order valence-corrected chi connectivity index (χ3v) is 3.23. The fourth-order valence-corrected chi connectivity index (χ4v) is 2.06. The molecule has 1 aliphatic rings. The van der Waals surface area contributed by atoms with E-state index < -0.39 is 5.97 Å². The van der Waals surface area contributed by atoms with Gasteiger partial charge < -0.3 is 14.7 Å². The predicted molar refractivity (Wildman–Crippen MR) is 74.6 cm³/mol. The molecule has 1 aromatic rings. The van der Waals surface area contributed by atoms with Crippen molar-refractivity contribution in [2.45, 2.75) is 6.92 Å². The van der Waals surface area contributed by atoms with Crippen molar-refractivity contribution in [3.8, 4) is 0 Å². The molecule has 5 nitrogen and oxygen atoms in total. The normalized spacial score (nSPS) is 15.6. The number of hydrogen-bond acceptors (Lipinski definition) is 3. The molecule has 0 aliphatic carbocycles. The molecule has 0 aromatic heterocycles. The Kier molecular flexibility index (Phi) is 4.53. The molecule has 1 aliphatic heterocycles. The molecule has 0 saturated carbocycles. The minimum atomic E-state index is -1.01. The average molecular weight is 275 g/mol. The van der Waals surface area contributed by atoms with Gasteiger partial charge in [0, 0.05) is 24.7 Å². The summed E-state index contributed by atoms with van der Waals surface area (Å²) in [4.78, 5) is 24.7. The van der Waals surface area contributed by atoms with E-state index in [0.29, 0.717) is 31.9 Å². The van der Waals surface area contributed by atoms with Crippen molar-refractivity contribution >= 4 is 18.0 Å². The van der Waals surface area contributed by atoms with Gasteiger partial charge in [-0.25, -0.2) is 4.79 Å². The van der Waals surface area contributed by atoms with Gasteiger partial charge in [-0.2, -0.15) is 0 Å². The molecule has 1 heterocycles. The second-order valence-electron chi connectivity index (χ2n) is 4.65. The zero-order valence-corrected chi connectivity index (χ0v) is 11.3. The van der Waals surface area contributed by atoms with Crippen molar-refractivity contribution in [3.63, 3.8) is 0 Å². The van der Waals surface area contributed by atoms with E-state index in [9.17, 15) is 9.59 Å². The topological polar surface area (TPSA) is 66.8 Å². The number of rotatable bonds is 3. The SMILES string of the molecule is Cc1ccc(C(=O)N2CCOCC2)cc1/C=C/C(=O)O. The van der Waals surface area contributed by atoms with E-state index in [1.165, 1.54) is 6.08 Å². The van der Waals surface area contributed by atoms with Crippen LogP contribution in [-0.4, -0.2) is 48.2 Å². The Labute approximate surface area is 117 Å². The summed E-state index contributed by atoms with van der Waals surface area (Å²) in [6, 6.07) is 5.33. The van der Waals surface area contributed by atoms with Crippen LogP contribution in [0.3, 0.4) is 0 Å². The van der Waals surface area contributed by atoms with Crippen molar-refractivity contribution < 1.29 is 19.4 Å². The van der Waals surface area contributed by atoms with Crippen molar-refractivity contribution in [1.29, 1.82) is 0 Å². The minimum Gasteiger partial charge on any atom is -0.478 e. The fraction of sp³-hybridized carbons (Fsp3) is 0.333. The minimum absolute atomic E-state index is 0.0433. The van der Waals surface area contributed by atoms with Crippen molar-refractivity contribution in [2.75, 3.05) is 26.3 Å². The highest BCUT2D eigenvalue weighted by molar-refractivity contribution is 5.95. The molecular formula is C15H17NO4. The van der Waals surface area contributed by atoms with E-state index in [1.807, 2.05) is 13.0 Å². The highest BCUT2D eigenvalue weighted by atomic mass is 16.5. The van der Waals surface area contributed by atoms with Crippen LogP contribution < -0.4 is 0 Å². The van der Waals surface area contributed by atoms with Gasteiger partial charge in [-0.05, 0) is 36.3 Å². The molecule has 1 amide bonds. The second kappa shape index (κ2) is 6.34. The predicted octanol–water partition coefficient (Wildman–Crippen LogP) is 1.57. The third-order valence-electron chi connectivity index (χ3n) is 3.23. The quantitative estimate of drug-likeness (QED) is 0.850. The van der Waals surface area contributed by atoms with Crippen LogP contribution in [0.2, 0.25) is 0 Å². The molecule has 2 rings (SSSR count). The van der Waals surface area contributed by atoms with Crippen LogP contribution in [0.25, 0.3) is 6.08 Å². The summed E-state index contributed by atoms with van der Waals surface area (Å²) in [6.45, 7) is 4.18. The first-order valence-electron chi connectivity index (χ1n) is 6.46. The van der Waals surface area contributed by atoms with Gasteiger partial charge in [-0.1, -0.05) is 6.07 Å². The molecule has 0 radical (unpaired) electrons. The lowest BCUT2D eigenvalue weighted by Gasteiger charge is -2.27. The maximum Gasteiger partial charge on any atom is 0.328 e. The Morgan fingerprint density at radius 3 is 2.65 bits per heavy atom. The number of aryl methyl sites for hydroxylation is 1. The molecular weight excluding hydrogens is 258 g/mol. The smallest absolute Gasteiger partial charge is 0.328 e. The Morgan fingerprint density at radius 1 is 1.30 bits per heavy atom. The largest absolute Gasteiger partial charge is 0.478 e. The van der Waals surface area contributed by atoms with Gasteiger partial charge in [-0.3, -0.25) is 4.79 Å². The second-order valence-corrected chi connectivity index (χ2v) is 4.65. The molecule has 0 bridgehead atoms.